The second-order valence-corrected chi connectivity index (χ2v) is 9.81. The van der Waals surface area contributed by atoms with Crippen LogP contribution in [0.3, 0.4) is 0 Å². The van der Waals surface area contributed by atoms with E-state index in [1.165, 1.54) is 18.4 Å². The molecule has 0 aromatic heterocycles. The van der Waals surface area contributed by atoms with Gasteiger partial charge in [-0.05, 0) is 85.1 Å². The van der Waals surface area contributed by atoms with E-state index in [0.29, 0.717) is 24.6 Å². The van der Waals surface area contributed by atoms with Crippen molar-refractivity contribution in [3.8, 4) is 0 Å². The van der Waals surface area contributed by atoms with E-state index in [-0.39, 0.29) is 18.4 Å². The molecule has 6 heteroatoms. The Morgan fingerprint density at radius 3 is 2.70 bits per heavy atom. The smallest absolute Gasteiger partial charge is 0.407 e. The lowest BCUT2D eigenvalue weighted by Crippen LogP contribution is -2.50. The fraction of sp³-hybridized carbons (Fsp3) is 0.792. The number of piperidine rings is 1. The van der Waals surface area contributed by atoms with Crippen LogP contribution < -0.4 is 10.6 Å². The summed E-state index contributed by atoms with van der Waals surface area (Å²) in [6.07, 6.45) is 11.4. The lowest BCUT2D eigenvalue weighted by Gasteiger charge is -2.42. The largest absolute Gasteiger partial charge is 0.470 e. The molecule has 30 heavy (non-hydrogen) atoms. The number of alkyl carbamates (subject to hydrolysis) is 1. The number of carbonyl (C=O) groups excluding carboxylic acids is 1. The molecule has 1 heterocycles. The van der Waals surface area contributed by atoms with Crippen molar-refractivity contribution in [2.24, 2.45) is 5.92 Å². The van der Waals surface area contributed by atoms with Gasteiger partial charge in [0.2, 0.25) is 0 Å². The van der Waals surface area contributed by atoms with Gasteiger partial charge in [0.1, 0.15) is 5.60 Å². The number of fused-ring (bicyclic) bond motifs is 1. The van der Waals surface area contributed by atoms with Crippen molar-refractivity contribution >= 4 is 6.09 Å². The Labute approximate surface area is 181 Å². The highest BCUT2D eigenvalue weighted by molar-refractivity contribution is 5.68. The SMILES string of the molecule is CCOC(C)OC1=CC[C@@H]2NC(C3=CC[C@H](NC(=O)OC(C)(C)C)CC3)CC[C@@H]2C1. The van der Waals surface area contributed by atoms with Gasteiger partial charge in [-0.2, -0.15) is 0 Å². The number of allylic oxidation sites excluding steroid dienone is 1. The number of amides is 1. The van der Waals surface area contributed by atoms with E-state index in [1.807, 2.05) is 34.6 Å². The lowest BCUT2D eigenvalue weighted by atomic mass is 9.77. The Hall–Kier alpha value is -1.53. The van der Waals surface area contributed by atoms with Crippen LogP contribution in [0.1, 0.15) is 79.6 Å². The monoisotopic (exact) mass is 420 g/mol. The average Bonchev–Trinajstić information content (AvgIpc) is 2.67. The van der Waals surface area contributed by atoms with E-state index >= 15 is 0 Å². The summed E-state index contributed by atoms with van der Waals surface area (Å²) < 4.78 is 16.8. The molecular weight excluding hydrogens is 380 g/mol. The molecule has 2 N–H and O–H groups in total. The van der Waals surface area contributed by atoms with Gasteiger partial charge < -0.3 is 24.8 Å². The van der Waals surface area contributed by atoms with Gasteiger partial charge >= 0.3 is 6.09 Å². The standard InChI is InChI=1S/C24H40N2O4/c1-6-28-16(2)29-20-12-14-22-18(15-20)9-13-21(26-22)17-7-10-19(11-8-17)25-23(27)30-24(3,4)5/h7,12,16,18-19,21-22,26H,6,8-11,13-15H2,1-5H3,(H,25,27)/t16?,18-,19+,21?,22+/m1/s1. The Balaban J connectivity index is 1.46. The molecule has 0 aromatic rings. The third kappa shape index (κ3) is 6.74. The molecule has 0 saturated carbocycles. The van der Waals surface area contributed by atoms with Gasteiger partial charge in [-0.3, -0.25) is 0 Å². The second kappa shape index (κ2) is 10.2. The highest BCUT2D eigenvalue weighted by Crippen LogP contribution is 2.36. The summed E-state index contributed by atoms with van der Waals surface area (Å²) in [5.41, 5.74) is 1.05. The molecule has 2 aliphatic carbocycles. The summed E-state index contributed by atoms with van der Waals surface area (Å²) in [6.45, 7) is 10.3. The zero-order valence-corrected chi connectivity index (χ0v) is 19.3. The van der Waals surface area contributed by atoms with Crippen LogP contribution in [-0.4, -0.2) is 42.7 Å². The topological polar surface area (TPSA) is 68.8 Å². The van der Waals surface area contributed by atoms with Crippen molar-refractivity contribution in [3.05, 3.63) is 23.5 Å². The normalized spacial score (nSPS) is 30.4. The van der Waals surface area contributed by atoms with Gasteiger partial charge in [0.25, 0.3) is 0 Å². The first-order chi connectivity index (χ1) is 14.2. The first kappa shape index (κ1) is 23.1. The minimum Gasteiger partial charge on any atom is -0.470 e. The third-order valence-electron chi connectivity index (χ3n) is 6.21. The summed E-state index contributed by atoms with van der Waals surface area (Å²) >= 11 is 0. The van der Waals surface area contributed by atoms with Crippen molar-refractivity contribution in [2.45, 2.75) is 110 Å². The number of rotatable bonds is 6. The number of ether oxygens (including phenoxy) is 3. The van der Waals surface area contributed by atoms with Crippen molar-refractivity contribution in [2.75, 3.05) is 6.61 Å². The molecule has 2 unspecified atom stereocenters. The Morgan fingerprint density at radius 2 is 2.03 bits per heavy atom. The predicted octanol–water partition coefficient (Wildman–Crippen LogP) is 4.80. The molecule has 1 amide bonds. The third-order valence-corrected chi connectivity index (χ3v) is 6.21. The average molecular weight is 421 g/mol. The number of carbonyl (C=O) groups is 1. The van der Waals surface area contributed by atoms with E-state index in [0.717, 1.165) is 37.9 Å². The molecule has 6 nitrogen and oxygen atoms in total. The fourth-order valence-corrected chi connectivity index (χ4v) is 4.81. The molecule has 0 aromatic carbocycles. The highest BCUT2D eigenvalue weighted by atomic mass is 16.7. The molecule has 0 bridgehead atoms. The molecule has 3 aliphatic rings. The summed E-state index contributed by atoms with van der Waals surface area (Å²) in [5.74, 6) is 1.73. The molecule has 3 rings (SSSR count). The molecule has 1 fully saturated rings. The molecule has 170 valence electrons. The Bertz CT molecular complexity index is 652. The summed E-state index contributed by atoms with van der Waals surface area (Å²) in [5, 5.41) is 6.91. The van der Waals surface area contributed by atoms with E-state index in [4.69, 9.17) is 14.2 Å². The summed E-state index contributed by atoms with van der Waals surface area (Å²) in [7, 11) is 0. The van der Waals surface area contributed by atoms with Crippen molar-refractivity contribution < 1.29 is 19.0 Å². The van der Waals surface area contributed by atoms with E-state index in [1.54, 1.807) is 0 Å². The number of hydrogen-bond acceptors (Lipinski definition) is 5. The van der Waals surface area contributed by atoms with Crippen LogP contribution in [0.5, 0.6) is 0 Å². The van der Waals surface area contributed by atoms with Crippen LogP contribution in [0.25, 0.3) is 0 Å². The van der Waals surface area contributed by atoms with Gasteiger partial charge in [0.15, 0.2) is 6.29 Å². The molecule has 1 saturated heterocycles. The maximum atomic E-state index is 12.0. The van der Waals surface area contributed by atoms with Crippen LogP contribution in [-0.2, 0) is 14.2 Å². The maximum absolute atomic E-state index is 12.0. The van der Waals surface area contributed by atoms with Gasteiger partial charge in [0.05, 0.1) is 5.76 Å². The van der Waals surface area contributed by atoms with Gasteiger partial charge in [-0.15, -0.1) is 0 Å². The van der Waals surface area contributed by atoms with Crippen molar-refractivity contribution in [1.82, 2.24) is 10.6 Å². The molecule has 0 spiro atoms. The fourth-order valence-electron chi connectivity index (χ4n) is 4.81. The quantitative estimate of drug-likeness (QED) is 0.477. The van der Waals surface area contributed by atoms with Crippen LogP contribution in [0.4, 0.5) is 4.79 Å². The minimum atomic E-state index is -0.456. The molecule has 1 aliphatic heterocycles. The molecular formula is C24H40N2O4. The van der Waals surface area contributed by atoms with Gasteiger partial charge in [-0.25, -0.2) is 4.79 Å². The van der Waals surface area contributed by atoms with Gasteiger partial charge in [0, 0.05) is 31.2 Å². The Kier molecular flexibility index (Phi) is 7.86. The van der Waals surface area contributed by atoms with E-state index in [9.17, 15) is 4.79 Å². The minimum absolute atomic E-state index is 0.170. The number of hydrogen-bond donors (Lipinski definition) is 2. The first-order valence-corrected chi connectivity index (χ1v) is 11.6. The second-order valence-electron chi connectivity index (χ2n) is 9.81. The van der Waals surface area contributed by atoms with Gasteiger partial charge in [-0.1, -0.05) is 11.6 Å². The van der Waals surface area contributed by atoms with Crippen LogP contribution in [0.15, 0.2) is 23.5 Å². The maximum Gasteiger partial charge on any atom is 0.407 e. The zero-order valence-electron chi connectivity index (χ0n) is 19.3. The summed E-state index contributed by atoms with van der Waals surface area (Å²) in [6, 6.07) is 1.16. The summed E-state index contributed by atoms with van der Waals surface area (Å²) in [4.78, 5) is 12.0. The Morgan fingerprint density at radius 1 is 1.23 bits per heavy atom. The lowest BCUT2D eigenvalue weighted by molar-refractivity contribution is -0.104. The predicted molar refractivity (Wildman–Crippen MR) is 118 cm³/mol. The van der Waals surface area contributed by atoms with Crippen molar-refractivity contribution in [3.63, 3.8) is 0 Å². The van der Waals surface area contributed by atoms with Crippen molar-refractivity contribution in [1.29, 1.82) is 0 Å². The van der Waals surface area contributed by atoms with E-state index in [2.05, 4.69) is 22.8 Å². The zero-order chi connectivity index (χ0) is 21.7. The van der Waals surface area contributed by atoms with Crippen LogP contribution >= 0.6 is 0 Å². The first-order valence-electron chi connectivity index (χ1n) is 11.6. The molecule has 5 atom stereocenters. The van der Waals surface area contributed by atoms with Crippen LogP contribution in [0.2, 0.25) is 0 Å². The molecule has 0 radical (unpaired) electrons. The highest BCUT2D eigenvalue weighted by Gasteiger charge is 2.35. The van der Waals surface area contributed by atoms with Crippen LogP contribution in [0, 0.1) is 5.92 Å². The number of nitrogens with one attached hydrogen (secondary N) is 2. The van der Waals surface area contributed by atoms with E-state index < -0.39 is 5.60 Å².